The molecular weight excluding hydrogens is 228 g/mol. The van der Waals surface area contributed by atoms with Crippen molar-refractivity contribution in [2.45, 2.75) is 38.7 Å². The van der Waals surface area contributed by atoms with Crippen molar-refractivity contribution in [1.82, 2.24) is 4.90 Å². The SMILES string of the molecule is CCc1ccc(CN2CCCC(F)(F)C2)s1. The van der Waals surface area contributed by atoms with Crippen LogP contribution in [0.1, 0.15) is 29.5 Å². The highest BCUT2D eigenvalue weighted by atomic mass is 32.1. The fourth-order valence-corrected chi connectivity index (χ4v) is 3.10. The van der Waals surface area contributed by atoms with E-state index >= 15 is 0 Å². The summed E-state index contributed by atoms with van der Waals surface area (Å²) in [6.07, 6.45) is 1.69. The van der Waals surface area contributed by atoms with Gasteiger partial charge in [0.2, 0.25) is 0 Å². The van der Waals surface area contributed by atoms with Gasteiger partial charge in [-0.25, -0.2) is 8.78 Å². The van der Waals surface area contributed by atoms with Crippen molar-refractivity contribution in [1.29, 1.82) is 0 Å². The summed E-state index contributed by atoms with van der Waals surface area (Å²) in [4.78, 5) is 4.41. The zero-order chi connectivity index (χ0) is 11.6. The maximum atomic E-state index is 13.2. The van der Waals surface area contributed by atoms with Gasteiger partial charge < -0.3 is 0 Å². The fraction of sp³-hybridized carbons (Fsp3) is 0.667. The van der Waals surface area contributed by atoms with Crippen LogP contribution in [0.3, 0.4) is 0 Å². The molecule has 1 fully saturated rings. The Morgan fingerprint density at radius 1 is 1.38 bits per heavy atom. The van der Waals surface area contributed by atoms with Gasteiger partial charge in [0.15, 0.2) is 0 Å². The molecule has 0 bridgehead atoms. The van der Waals surface area contributed by atoms with Crippen molar-refractivity contribution in [2.75, 3.05) is 13.1 Å². The maximum absolute atomic E-state index is 13.2. The van der Waals surface area contributed by atoms with Crippen molar-refractivity contribution in [3.63, 3.8) is 0 Å². The summed E-state index contributed by atoms with van der Waals surface area (Å²) in [5.41, 5.74) is 0. The summed E-state index contributed by atoms with van der Waals surface area (Å²) in [5.74, 6) is -2.48. The van der Waals surface area contributed by atoms with Gasteiger partial charge in [-0.05, 0) is 31.5 Å². The molecule has 0 atom stereocenters. The first-order valence-electron chi connectivity index (χ1n) is 5.77. The summed E-state index contributed by atoms with van der Waals surface area (Å²) in [5, 5.41) is 0. The quantitative estimate of drug-likeness (QED) is 0.787. The molecule has 1 saturated heterocycles. The van der Waals surface area contributed by atoms with Gasteiger partial charge in [0.25, 0.3) is 5.92 Å². The third-order valence-electron chi connectivity index (χ3n) is 2.92. The maximum Gasteiger partial charge on any atom is 0.260 e. The Kier molecular flexibility index (Phi) is 3.60. The fourth-order valence-electron chi connectivity index (χ4n) is 2.10. The van der Waals surface area contributed by atoms with Gasteiger partial charge in [0, 0.05) is 22.7 Å². The third-order valence-corrected chi connectivity index (χ3v) is 4.13. The van der Waals surface area contributed by atoms with Crippen LogP contribution in [0.2, 0.25) is 0 Å². The average molecular weight is 245 g/mol. The first-order chi connectivity index (χ1) is 7.59. The minimum absolute atomic E-state index is 0.0498. The van der Waals surface area contributed by atoms with Gasteiger partial charge in [-0.15, -0.1) is 11.3 Å². The van der Waals surface area contributed by atoms with Crippen LogP contribution in [0, 0.1) is 0 Å². The molecule has 0 aliphatic carbocycles. The number of aryl methyl sites for hydroxylation is 1. The Morgan fingerprint density at radius 2 is 2.12 bits per heavy atom. The van der Waals surface area contributed by atoms with Crippen molar-refractivity contribution in [3.05, 3.63) is 21.9 Å². The lowest BCUT2D eigenvalue weighted by Gasteiger charge is -2.31. The van der Waals surface area contributed by atoms with Crippen LogP contribution in [0.4, 0.5) is 8.78 Å². The van der Waals surface area contributed by atoms with Crippen molar-refractivity contribution in [2.24, 2.45) is 0 Å². The first-order valence-corrected chi connectivity index (χ1v) is 6.58. The lowest BCUT2D eigenvalue weighted by molar-refractivity contribution is -0.0658. The summed E-state index contributed by atoms with van der Waals surface area (Å²) < 4.78 is 26.4. The molecule has 0 radical (unpaired) electrons. The predicted molar refractivity (Wildman–Crippen MR) is 63.2 cm³/mol. The van der Waals surface area contributed by atoms with E-state index in [1.165, 1.54) is 9.75 Å². The molecule has 0 N–H and O–H groups in total. The molecule has 1 aromatic rings. The van der Waals surface area contributed by atoms with Crippen molar-refractivity contribution in [3.8, 4) is 0 Å². The van der Waals surface area contributed by atoms with Gasteiger partial charge in [-0.1, -0.05) is 6.92 Å². The van der Waals surface area contributed by atoms with Crippen LogP contribution in [0.15, 0.2) is 12.1 Å². The van der Waals surface area contributed by atoms with Gasteiger partial charge in [-0.3, -0.25) is 4.90 Å². The normalized spacial score (nSPS) is 21.2. The number of hydrogen-bond acceptors (Lipinski definition) is 2. The van der Waals surface area contributed by atoms with E-state index in [0.29, 0.717) is 13.0 Å². The molecule has 16 heavy (non-hydrogen) atoms. The zero-order valence-electron chi connectivity index (χ0n) is 9.51. The average Bonchev–Trinajstić information content (AvgIpc) is 2.64. The number of alkyl halides is 2. The van der Waals surface area contributed by atoms with Gasteiger partial charge in [-0.2, -0.15) is 0 Å². The highest BCUT2D eigenvalue weighted by Crippen LogP contribution is 2.28. The number of hydrogen-bond donors (Lipinski definition) is 0. The van der Waals surface area contributed by atoms with E-state index in [0.717, 1.165) is 13.0 Å². The van der Waals surface area contributed by atoms with E-state index in [1.54, 1.807) is 11.3 Å². The van der Waals surface area contributed by atoms with E-state index in [-0.39, 0.29) is 13.0 Å². The smallest absolute Gasteiger partial charge is 0.260 e. The largest absolute Gasteiger partial charge is 0.292 e. The molecule has 4 heteroatoms. The Balaban J connectivity index is 1.94. The molecule has 1 aromatic heterocycles. The van der Waals surface area contributed by atoms with E-state index < -0.39 is 5.92 Å². The van der Waals surface area contributed by atoms with E-state index in [2.05, 4.69) is 19.1 Å². The molecular formula is C12H17F2NS. The number of piperidine rings is 1. The van der Waals surface area contributed by atoms with Crippen molar-refractivity contribution >= 4 is 11.3 Å². The van der Waals surface area contributed by atoms with E-state index in [9.17, 15) is 8.78 Å². The highest BCUT2D eigenvalue weighted by molar-refractivity contribution is 7.11. The second-order valence-electron chi connectivity index (χ2n) is 4.39. The standard InChI is InChI=1S/C12H17F2NS/c1-2-10-4-5-11(16-10)8-15-7-3-6-12(13,14)9-15/h4-5H,2-3,6-9H2,1H3. The number of likely N-dealkylation sites (tertiary alicyclic amines) is 1. The summed E-state index contributed by atoms with van der Waals surface area (Å²) in [6.45, 7) is 3.52. The van der Waals surface area contributed by atoms with Gasteiger partial charge in [0.1, 0.15) is 0 Å². The van der Waals surface area contributed by atoms with Crippen LogP contribution >= 0.6 is 11.3 Å². The molecule has 0 amide bonds. The second-order valence-corrected chi connectivity index (χ2v) is 5.64. The minimum Gasteiger partial charge on any atom is -0.292 e. The van der Waals surface area contributed by atoms with Crippen molar-refractivity contribution < 1.29 is 8.78 Å². The molecule has 0 unspecified atom stereocenters. The topological polar surface area (TPSA) is 3.24 Å². The number of halogens is 2. The van der Waals surface area contributed by atoms with Gasteiger partial charge >= 0.3 is 0 Å². The van der Waals surface area contributed by atoms with Gasteiger partial charge in [0.05, 0.1) is 6.54 Å². The van der Waals surface area contributed by atoms with E-state index in [4.69, 9.17) is 0 Å². The number of nitrogens with zero attached hydrogens (tertiary/aromatic N) is 1. The Labute approximate surface area is 99.1 Å². The second kappa shape index (κ2) is 4.80. The molecule has 2 heterocycles. The Morgan fingerprint density at radius 3 is 2.75 bits per heavy atom. The molecule has 1 nitrogen and oxygen atoms in total. The first kappa shape index (κ1) is 12.0. The molecule has 1 aliphatic heterocycles. The minimum atomic E-state index is -2.48. The van der Waals surface area contributed by atoms with Crippen LogP contribution < -0.4 is 0 Å². The summed E-state index contributed by atoms with van der Waals surface area (Å²) in [6, 6.07) is 4.17. The Hall–Kier alpha value is -0.480. The van der Waals surface area contributed by atoms with Crippen LogP contribution in [-0.4, -0.2) is 23.9 Å². The number of thiophene rings is 1. The lowest BCUT2D eigenvalue weighted by atomic mass is 10.1. The lowest BCUT2D eigenvalue weighted by Crippen LogP contribution is -2.41. The Bertz CT molecular complexity index is 349. The molecule has 0 aromatic carbocycles. The van der Waals surface area contributed by atoms with Crippen LogP contribution in [-0.2, 0) is 13.0 Å². The van der Waals surface area contributed by atoms with E-state index in [1.807, 2.05) is 4.90 Å². The monoisotopic (exact) mass is 245 g/mol. The molecule has 1 aliphatic rings. The molecule has 0 spiro atoms. The molecule has 90 valence electrons. The third kappa shape index (κ3) is 3.01. The zero-order valence-corrected chi connectivity index (χ0v) is 10.3. The van der Waals surface area contributed by atoms with Crippen LogP contribution in [0.5, 0.6) is 0 Å². The molecule has 2 rings (SSSR count). The summed E-state index contributed by atoms with van der Waals surface area (Å²) in [7, 11) is 0. The number of rotatable bonds is 3. The van der Waals surface area contributed by atoms with Crippen LogP contribution in [0.25, 0.3) is 0 Å². The summed E-state index contributed by atoms with van der Waals surface area (Å²) >= 11 is 1.74. The molecule has 0 saturated carbocycles. The predicted octanol–water partition coefficient (Wildman–Crippen LogP) is 3.54. The highest BCUT2D eigenvalue weighted by Gasteiger charge is 2.34.